The summed E-state index contributed by atoms with van der Waals surface area (Å²) in [6, 6.07) is 7.61. The Kier molecular flexibility index (Phi) is 4.57. The first-order valence-electron chi connectivity index (χ1n) is 5.23. The van der Waals surface area contributed by atoms with E-state index >= 15 is 0 Å². The quantitative estimate of drug-likeness (QED) is 0.763. The molecule has 1 rings (SSSR count). The van der Waals surface area contributed by atoms with E-state index in [0.29, 0.717) is 11.4 Å². The van der Waals surface area contributed by atoms with E-state index in [1.165, 1.54) is 0 Å². The minimum atomic E-state index is -0.313. The third-order valence-electron chi connectivity index (χ3n) is 2.33. The molecule has 1 nitrogen and oxygen atoms in total. The van der Waals surface area contributed by atoms with E-state index in [0.717, 1.165) is 5.56 Å². The molecule has 0 radical (unpaired) electrons. The van der Waals surface area contributed by atoms with Gasteiger partial charge in [-0.05, 0) is 24.1 Å². The van der Waals surface area contributed by atoms with Gasteiger partial charge in [-0.2, -0.15) is 0 Å². The van der Waals surface area contributed by atoms with Gasteiger partial charge in [0.1, 0.15) is 0 Å². The summed E-state index contributed by atoms with van der Waals surface area (Å²) in [5, 5.41) is 0.709. The molecule has 0 aliphatic carbocycles. The Labute approximate surface area is 110 Å². The van der Waals surface area contributed by atoms with Crippen LogP contribution < -0.4 is 0 Å². The van der Waals surface area contributed by atoms with Crippen LogP contribution in [0.5, 0.6) is 0 Å². The van der Waals surface area contributed by atoms with Crippen LogP contribution in [-0.4, -0.2) is 10.6 Å². The smallest absolute Gasteiger partial charge is 0.152 e. The molecule has 3 heteroatoms. The average molecular weight is 304 g/mol. The van der Waals surface area contributed by atoms with Crippen LogP contribution in [-0.2, 0) is 11.2 Å². The van der Waals surface area contributed by atoms with Crippen molar-refractivity contribution < 1.29 is 4.79 Å². The summed E-state index contributed by atoms with van der Waals surface area (Å²) in [5.41, 5.74) is 0.763. The maximum Gasteiger partial charge on any atom is 0.152 e. The summed E-state index contributed by atoms with van der Waals surface area (Å²) < 4.78 is 0. The molecule has 16 heavy (non-hydrogen) atoms. The van der Waals surface area contributed by atoms with Crippen molar-refractivity contribution in [2.75, 3.05) is 0 Å². The number of carbonyl (C=O) groups is 1. The highest BCUT2D eigenvalue weighted by Gasteiger charge is 2.27. The van der Waals surface area contributed by atoms with Crippen LogP contribution in [0, 0.1) is 5.41 Å². The molecule has 0 bridgehead atoms. The second-order valence-corrected chi connectivity index (χ2v) is 6.46. The van der Waals surface area contributed by atoms with Gasteiger partial charge in [-0.25, -0.2) is 0 Å². The molecule has 0 N–H and O–H groups in total. The van der Waals surface area contributed by atoms with E-state index in [1.54, 1.807) is 0 Å². The summed E-state index contributed by atoms with van der Waals surface area (Å²) in [6.45, 7) is 5.80. The Morgan fingerprint density at radius 1 is 1.44 bits per heavy atom. The van der Waals surface area contributed by atoms with Crippen LogP contribution in [0.1, 0.15) is 26.3 Å². The van der Waals surface area contributed by atoms with Gasteiger partial charge in [-0.3, -0.25) is 4.79 Å². The summed E-state index contributed by atoms with van der Waals surface area (Å²) in [5.74, 6) is 0.215. The normalized spacial score (nSPS) is 13.6. The molecule has 0 aromatic heterocycles. The molecule has 0 amide bonds. The molecular weight excluding hydrogens is 287 g/mol. The molecule has 1 atom stereocenters. The standard InChI is InChI=1S/C13H16BrClO/c1-13(2,3)12(16)11(14)8-9-5-4-6-10(15)7-9/h4-7,11H,8H2,1-3H3. The molecule has 0 heterocycles. The zero-order chi connectivity index (χ0) is 12.3. The van der Waals surface area contributed by atoms with Crippen molar-refractivity contribution in [2.45, 2.75) is 32.0 Å². The van der Waals surface area contributed by atoms with Crippen molar-refractivity contribution in [3.63, 3.8) is 0 Å². The van der Waals surface area contributed by atoms with Crippen molar-refractivity contribution in [1.82, 2.24) is 0 Å². The lowest BCUT2D eigenvalue weighted by molar-refractivity contribution is -0.125. The van der Waals surface area contributed by atoms with Gasteiger partial charge in [0.05, 0.1) is 4.83 Å². The van der Waals surface area contributed by atoms with Crippen LogP contribution in [0.15, 0.2) is 24.3 Å². The number of benzene rings is 1. The lowest BCUT2D eigenvalue weighted by Gasteiger charge is -2.20. The first kappa shape index (κ1) is 13.7. The highest BCUT2D eigenvalue weighted by atomic mass is 79.9. The van der Waals surface area contributed by atoms with E-state index in [2.05, 4.69) is 15.9 Å². The Morgan fingerprint density at radius 3 is 2.56 bits per heavy atom. The summed E-state index contributed by atoms with van der Waals surface area (Å²) in [6.07, 6.45) is 0.677. The molecule has 0 saturated heterocycles. The van der Waals surface area contributed by atoms with Gasteiger partial charge in [0.25, 0.3) is 0 Å². The van der Waals surface area contributed by atoms with Gasteiger partial charge < -0.3 is 0 Å². The number of alkyl halides is 1. The van der Waals surface area contributed by atoms with Gasteiger partial charge in [0.2, 0.25) is 0 Å². The topological polar surface area (TPSA) is 17.1 Å². The fourth-order valence-electron chi connectivity index (χ4n) is 1.43. The lowest BCUT2D eigenvalue weighted by Crippen LogP contribution is -2.29. The minimum absolute atomic E-state index is 0.147. The van der Waals surface area contributed by atoms with E-state index < -0.39 is 0 Å². The Morgan fingerprint density at radius 2 is 2.06 bits per heavy atom. The van der Waals surface area contributed by atoms with Crippen molar-refractivity contribution in [2.24, 2.45) is 5.41 Å². The first-order valence-corrected chi connectivity index (χ1v) is 6.53. The number of ketones is 1. The number of hydrogen-bond donors (Lipinski definition) is 0. The Balaban J connectivity index is 2.72. The average Bonchev–Trinajstić information content (AvgIpc) is 2.15. The highest BCUT2D eigenvalue weighted by molar-refractivity contribution is 9.10. The van der Waals surface area contributed by atoms with Crippen molar-refractivity contribution >= 4 is 33.3 Å². The van der Waals surface area contributed by atoms with Gasteiger partial charge in [-0.15, -0.1) is 0 Å². The number of Topliss-reactive ketones (excluding diaryl/α,β-unsaturated/α-hetero) is 1. The Bertz CT molecular complexity index is 382. The molecule has 0 aliphatic heterocycles. The SMILES string of the molecule is CC(C)(C)C(=O)C(Br)Cc1cccc(Cl)c1. The highest BCUT2D eigenvalue weighted by Crippen LogP contribution is 2.24. The summed E-state index contributed by atoms with van der Waals surface area (Å²) in [7, 11) is 0. The van der Waals surface area contributed by atoms with Gasteiger partial charge in [-0.1, -0.05) is 60.4 Å². The van der Waals surface area contributed by atoms with E-state index in [4.69, 9.17) is 11.6 Å². The molecule has 88 valence electrons. The van der Waals surface area contributed by atoms with E-state index in [1.807, 2.05) is 45.0 Å². The van der Waals surface area contributed by atoms with Crippen LogP contribution >= 0.6 is 27.5 Å². The van der Waals surface area contributed by atoms with Crippen LogP contribution in [0.25, 0.3) is 0 Å². The van der Waals surface area contributed by atoms with Crippen molar-refractivity contribution in [3.8, 4) is 0 Å². The summed E-state index contributed by atoms with van der Waals surface area (Å²) in [4.78, 5) is 11.8. The molecular formula is C13H16BrClO. The van der Waals surface area contributed by atoms with Crippen LogP contribution in [0.2, 0.25) is 5.02 Å². The third-order valence-corrected chi connectivity index (χ3v) is 3.30. The van der Waals surface area contributed by atoms with Crippen LogP contribution in [0.4, 0.5) is 0 Å². The molecule has 1 aromatic rings. The number of rotatable bonds is 3. The predicted octanol–water partition coefficient (Wildman–Crippen LogP) is 4.26. The van der Waals surface area contributed by atoms with E-state index in [-0.39, 0.29) is 16.0 Å². The molecule has 0 fully saturated rings. The Hall–Kier alpha value is -0.340. The van der Waals surface area contributed by atoms with Crippen molar-refractivity contribution in [3.05, 3.63) is 34.9 Å². The van der Waals surface area contributed by atoms with Crippen molar-refractivity contribution in [1.29, 1.82) is 0 Å². The third kappa shape index (κ3) is 3.91. The zero-order valence-electron chi connectivity index (χ0n) is 9.76. The molecule has 0 aliphatic rings. The first-order chi connectivity index (χ1) is 7.30. The van der Waals surface area contributed by atoms with Gasteiger partial charge in [0.15, 0.2) is 5.78 Å². The number of halogens is 2. The fourth-order valence-corrected chi connectivity index (χ4v) is 2.71. The second kappa shape index (κ2) is 5.33. The van der Waals surface area contributed by atoms with Gasteiger partial charge in [0, 0.05) is 10.4 Å². The largest absolute Gasteiger partial charge is 0.298 e. The lowest BCUT2D eigenvalue weighted by atomic mass is 9.87. The number of carbonyl (C=O) groups excluding carboxylic acids is 1. The molecule has 0 saturated carbocycles. The molecule has 1 aromatic carbocycles. The number of hydrogen-bond acceptors (Lipinski definition) is 1. The minimum Gasteiger partial charge on any atom is -0.298 e. The van der Waals surface area contributed by atoms with Crippen LogP contribution in [0.3, 0.4) is 0 Å². The fraction of sp³-hybridized carbons (Fsp3) is 0.462. The van der Waals surface area contributed by atoms with E-state index in [9.17, 15) is 4.79 Å². The van der Waals surface area contributed by atoms with Gasteiger partial charge >= 0.3 is 0 Å². The maximum absolute atomic E-state index is 12.0. The zero-order valence-corrected chi connectivity index (χ0v) is 12.1. The molecule has 0 spiro atoms. The second-order valence-electron chi connectivity index (χ2n) is 4.92. The predicted molar refractivity (Wildman–Crippen MR) is 72.3 cm³/mol. The maximum atomic E-state index is 12.0. The monoisotopic (exact) mass is 302 g/mol. The molecule has 1 unspecified atom stereocenters. The summed E-state index contributed by atoms with van der Waals surface area (Å²) >= 11 is 9.35.